The van der Waals surface area contributed by atoms with Gasteiger partial charge in [0.1, 0.15) is 5.60 Å². The average molecular weight is 304 g/mol. The van der Waals surface area contributed by atoms with Crippen LogP contribution >= 0.6 is 0 Å². The Morgan fingerprint density at radius 2 is 2.09 bits per heavy atom. The monoisotopic (exact) mass is 304 g/mol. The zero-order valence-corrected chi connectivity index (χ0v) is 14.4. The molecule has 122 valence electrons. The maximum atomic E-state index is 12.4. The fourth-order valence-electron chi connectivity index (χ4n) is 2.54. The highest BCUT2D eigenvalue weighted by molar-refractivity contribution is 5.90. The number of aryl methyl sites for hydroxylation is 1. The molecule has 0 aliphatic carbocycles. The van der Waals surface area contributed by atoms with Gasteiger partial charge in [-0.15, -0.1) is 0 Å². The Hall–Kier alpha value is -1.71. The summed E-state index contributed by atoms with van der Waals surface area (Å²) >= 11 is 0. The molecule has 0 saturated carbocycles. The van der Waals surface area contributed by atoms with E-state index in [9.17, 15) is 4.79 Å². The Morgan fingerprint density at radius 3 is 2.73 bits per heavy atom. The number of fused-ring (bicyclic) bond motifs is 1. The van der Waals surface area contributed by atoms with Crippen molar-refractivity contribution in [2.75, 3.05) is 23.3 Å². The Bertz CT molecular complexity index is 532. The van der Waals surface area contributed by atoms with Gasteiger partial charge in [-0.3, -0.25) is 4.90 Å². The van der Waals surface area contributed by atoms with Crippen molar-refractivity contribution in [3.05, 3.63) is 23.8 Å². The Kier molecular flexibility index (Phi) is 4.99. The SMILES string of the molecule is CC(C)CNc1ccc2c(c1)CCCN2C(=O)OC(C)(C)C. The molecule has 0 unspecified atom stereocenters. The summed E-state index contributed by atoms with van der Waals surface area (Å²) in [7, 11) is 0. The van der Waals surface area contributed by atoms with Crippen LogP contribution in [0.4, 0.5) is 16.2 Å². The van der Waals surface area contributed by atoms with Crippen molar-refractivity contribution in [3.8, 4) is 0 Å². The maximum Gasteiger partial charge on any atom is 0.414 e. The van der Waals surface area contributed by atoms with E-state index in [1.54, 1.807) is 4.90 Å². The summed E-state index contributed by atoms with van der Waals surface area (Å²) in [5, 5.41) is 3.44. The largest absolute Gasteiger partial charge is 0.443 e. The number of rotatable bonds is 3. The Labute approximate surface area is 133 Å². The molecule has 0 spiro atoms. The van der Waals surface area contributed by atoms with Crippen LogP contribution in [0.2, 0.25) is 0 Å². The molecule has 0 fully saturated rings. The first-order chi connectivity index (χ1) is 10.3. The molecule has 1 heterocycles. The van der Waals surface area contributed by atoms with Gasteiger partial charge in [-0.25, -0.2) is 4.79 Å². The van der Waals surface area contributed by atoms with Crippen LogP contribution in [0, 0.1) is 5.92 Å². The minimum atomic E-state index is -0.465. The van der Waals surface area contributed by atoms with Gasteiger partial charge in [-0.2, -0.15) is 0 Å². The van der Waals surface area contributed by atoms with E-state index in [-0.39, 0.29) is 6.09 Å². The second kappa shape index (κ2) is 6.59. The number of amides is 1. The Balaban J connectivity index is 2.15. The molecule has 0 aromatic heterocycles. The molecule has 1 aliphatic heterocycles. The van der Waals surface area contributed by atoms with E-state index >= 15 is 0 Å². The molecule has 1 aromatic rings. The standard InChI is InChI=1S/C18H28N2O2/c1-13(2)12-19-15-8-9-16-14(11-15)7-6-10-20(16)17(21)22-18(3,4)5/h8-9,11,13,19H,6-7,10,12H2,1-5H3. The predicted octanol–water partition coefficient (Wildman–Crippen LogP) is 4.44. The first-order valence-electron chi connectivity index (χ1n) is 8.13. The van der Waals surface area contributed by atoms with Crippen LogP contribution in [0.5, 0.6) is 0 Å². The van der Waals surface area contributed by atoms with Crippen LogP contribution in [-0.4, -0.2) is 24.8 Å². The number of nitrogens with one attached hydrogen (secondary N) is 1. The van der Waals surface area contributed by atoms with E-state index < -0.39 is 5.60 Å². The smallest absolute Gasteiger partial charge is 0.414 e. The van der Waals surface area contributed by atoms with E-state index in [1.807, 2.05) is 32.9 Å². The molecule has 1 amide bonds. The molecule has 0 radical (unpaired) electrons. The van der Waals surface area contributed by atoms with Gasteiger partial charge in [0.05, 0.1) is 5.69 Å². The highest BCUT2D eigenvalue weighted by Gasteiger charge is 2.27. The summed E-state index contributed by atoms with van der Waals surface area (Å²) in [4.78, 5) is 14.1. The summed E-state index contributed by atoms with van der Waals surface area (Å²) in [6.45, 7) is 11.7. The topological polar surface area (TPSA) is 41.6 Å². The van der Waals surface area contributed by atoms with E-state index in [0.717, 1.165) is 37.3 Å². The van der Waals surface area contributed by atoms with Crippen molar-refractivity contribution in [2.45, 2.75) is 53.1 Å². The lowest BCUT2D eigenvalue weighted by Crippen LogP contribution is -2.39. The summed E-state index contributed by atoms with van der Waals surface area (Å²) in [6, 6.07) is 6.24. The van der Waals surface area contributed by atoms with Gasteiger partial charge in [-0.05, 0) is 63.3 Å². The molecule has 1 aromatic carbocycles. The third-order valence-electron chi connectivity index (χ3n) is 3.53. The van der Waals surface area contributed by atoms with E-state index in [4.69, 9.17) is 4.74 Å². The van der Waals surface area contributed by atoms with Gasteiger partial charge in [0.15, 0.2) is 0 Å². The first-order valence-corrected chi connectivity index (χ1v) is 8.13. The Morgan fingerprint density at radius 1 is 1.36 bits per heavy atom. The molecule has 1 N–H and O–H groups in total. The van der Waals surface area contributed by atoms with Gasteiger partial charge >= 0.3 is 6.09 Å². The number of hydrogen-bond donors (Lipinski definition) is 1. The molecule has 22 heavy (non-hydrogen) atoms. The van der Waals surface area contributed by atoms with Crippen molar-refractivity contribution in [3.63, 3.8) is 0 Å². The van der Waals surface area contributed by atoms with Crippen molar-refractivity contribution in [1.29, 1.82) is 0 Å². The molecule has 0 saturated heterocycles. The van der Waals surface area contributed by atoms with Crippen LogP contribution in [0.25, 0.3) is 0 Å². The van der Waals surface area contributed by atoms with Crippen LogP contribution in [0.15, 0.2) is 18.2 Å². The van der Waals surface area contributed by atoms with E-state index in [1.165, 1.54) is 5.56 Å². The number of ether oxygens (including phenoxy) is 1. The molecule has 2 rings (SSSR count). The lowest BCUT2D eigenvalue weighted by molar-refractivity contribution is 0.0578. The number of anilines is 2. The summed E-state index contributed by atoms with van der Waals surface area (Å²) in [5.41, 5.74) is 2.85. The molecular formula is C18H28N2O2. The minimum Gasteiger partial charge on any atom is -0.443 e. The normalized spacial score (nSPS) is 14.7. The third-order valence-corrected chi connectivity index (χ3v) is 3.53. The lowest BCUT2D eigenvalue weighted by Gasteiger charge is -2.32. The zero-order chi connectivity index (χ0) is 16.3. The quantitative estimate of drug-likeness (QED) is 0.897. The number of nitrogens with zero attached hydrogens (tertiary/aromatic N) is 1. The van der Waals surface area contributed by atoms with Crippen LogP contribution in [0.3, 0.4) is 0 Å². The van der Waals surface area contributed by atoms with Gasteiger partial charge in [-0.1, -0.05) is 13.8 Å². The van der Waals surface area contributed by atoms with Gasteiger partial charge in [0.2, 0.25) is 0 Å². The maximum absolute atomic E-state index is 12.4. The fraction of sp³-hybridized carbons (Fsp3) is 0.611. The van der Waals surface area contributed by atoms with Crippen LogP contribution < -0.4 is 10.2 Å². The van der Waals surface area contributed by atoms with Gasteiger partial charge < -0.3 is 10.1 Å². The van der Waals surface area contributed by atoms with Crippen molar-refractivity contribution >= 4 is 17.5 Å². The molecule has 0 bridgehead atoms. The lowest BCUT2D eigenvalue weighted by atomic mass is 10.0. The van der Waals surface area contributed by atoms with Crippen molar-refractivity contribution < 1.29 is 9.53 Å². The van der Waals surface area contributed by atoms with Crippen molar-refractivity contribution in [1.82, 2.24) is 0 Å². The highest BCUT2D eigenvalue weighted by Crippen LogP contribution is 2.31. The summed E-state index contributed by atoms with van der Waals surface area (Å²) in [6.07, 6.45) is 1.72. The second-order valence-electron chi connectivity index (χ2n) is 7.35. The summed E-state index contributed by atoms with van der Waals surface area (Å²) in [5.74, 6) is 0.606. The van der Waals surface area contributed by atoms with Gasteiger partial charge in [0.25, 0.3) is 0 Å². The predicted molar refractivity (Wildman–Crippen MR) is 91.7 cm³/mol. The van der Waals surface area contributed by atoms with Gasteiger partial charge in [0, 0.05) is 18.8 Å². The first kappa shape index (κ1) is 16.7. The van der Waals surface area contributed by atoms with Crippen LogP contribution in [-0.2, 0) is 11.2 Å². The number of benzene rings is 1. The van der Waals surface area contributed by atoms with E-state index in [2.05, 4.69) is 25.2 Å². The zero-order valence-electron chi connectivity index (χ0n) is 14.4. The molecule has 4 nitrogen and oxygen atoms in total. The summed E-state index contributed by atoms with van der Waals surface area (Å²) < 4.78 is 5.51. The highest BCUT2D eigenvalue weighted by atomic mass is 16.6. The second-order valence-corrected chi connectivity index (χ2v) is 7.35. The van der Waals surface area contributed by atoms with E-state index in [0.29, 0.717) is 5.92 Å². The molecular weight excluding hydrogens is 276 g/mol. The molecule has 0 atom stereocenters. The molecule has 1 aliphatic rings. The minimum absolute atomic E-state index is 0.253. The average Bonchev–Trinajstić information content (AvgIpc) is 2.42. The fourth-order valence-corrected chi connectivity index (χ4v) is 2.54. The van der Waals surface area contributed by atoms with Crippen molar-refractivity contribution in [2.24, 2.45) is 5.92 Å². The number of carbonyl (C=O) groups is 1. The molecule has 4 heteroatoms. The van der Waals surface area contributed by atoms with Crippen LogP contribution in [0.1, 0.15) is 46.6 Å². The number of carbonyl (C=O) groups excluding carboxylic acids is 1. The third kappa shape index (κ3) is 4.39. The number of hydrogen-bond acceptors (Lipinski definition) is 3.